The van der Waals surface area contributed by atoms with Crippen LogP contribution >= 0.6 is 11.6 Å². The van der Waals surface area contributed by atoms with Crippen molar-refractivity contribution in [1.29, 1.82) is 0 Å². The third-order valence-electron chi connectivity index (χ3n) is 1.87. The van der Waals surface area contributed by atoms with E-state index in [2.05, 4.69) is 10.5 Å². The number of carboxylic acid groups (broad SMARTS) is 1. The molecule has 0 aromatic carbocycles. The standard InChI is InChI=1S/C8H11ClN2O4/c1-4(12)10-6(8(13)14)2-5-3-7(9)11-15-5/h5-6H,2-3H2,1H3,(H,10,12)(H,13,14)/t5-,6-/m0/s1. The normalized spacial score (nSPS) is 21.5. The van der Waals surface area contributed by atoms with Crippen molar-refractivity contribution in [2.24, 2.45) is 5.16 Å². The fourth-order valence-electron chi connectivity index (χ4n) is 1.25. The third-order valence-corrected chi connectivity index (χ3v) is 2.09. The molecule has 0 spiro atoms. The molecule has 7 heteroatoms. The summed E-state index contributed by atoms with van der Waals surface area (Å²) in [7, 11) is 0. The monoisotopic (exact) mass is 234 g/mol. The Morgan fingerprint density at radius 3 is 2.87 bits per heavy atom. The molecule has 2 N–H and O–H groups in total. The van der Waals surface area contributed by atoms with Crippen LogP contribution in [0.2, 0.25) is 0 Å². The summed E-state index contributed by atoms with van der Waals surface area (Å²) >= 11 is 5.57. The van der Waals surface area contributed by atoms with E-state index in [-0.39, 0.29) is 12.5 Å². The molecule has 0 saturated carbocycles. The topological polar surface area (TPSA) is 88.0 Å². The number of aliphatic carboxylic acids is 1. The summed E-state index contributed by atoms with van der Waals surface area (Å²) < 4.78 is 0. The van der Waals surface area contributed by atoms with Crippen LogP contribution in [-0.4, -0.2) is 34.3 Å². The highest BCUT2D eigenvalue weighted by Gasteiger charge is 2.28. The molecule has 0 radical (unpaired) electrons. The van der Waals surface area contributed by atoms with Gasteiger partial charge < -0.3 is 15.3 Å². The number of halogens is 1. The van der Waals surface area contributed by atoms with Gasteiger partial charge in [-0.3, -0.25) is 4.79 Å². The number of rotatable bonds is 4. The van der Waals surface area contributed by atoms with Gasteiger partial charge in [-0.2, -0.15) is 0 Å². The summed E-state index contributed by atoms with van der Waals surface area (Å²) in [5.41, 5.74) is 0. The second kappa shape index (κ2) is 4.97. The number of carboxylic acids is 1. The van der Waals surface area contributed by atoms with Crippen molar-refractivity contribution in [2.45, 2.75) is 31.9 Å². The number of nitrogens with zero attached hydrogens (tertiary/aromatic N) is 1. The number of hydrogen-bond donors (Lipinski definition) is 2. The summed E-state index contributed by atoms with van der Waals surface area (Å²) in [4.78, 5) is 26.4. The molecule has 1 amide bonds. The molecule has 0 bridgehead atoms. The molecule has 0 aromatic rings. The van der Waals surface area contributed by atoms with Gasteiger partial charge in [0.2, 0.25) is 5.91 Å². The first-order valence-corrected chi connectivity index (χ1v) is 4.75. The predicted molar refractivity (Wildman–Crippen MR) is 52.6 cm³/mol. The van der Waals surface area contributed by atoms with E-state index in [1.54, 1.807) is 0 Å². The highest BCUT2D eigenvalue weighted by Crippen LogP contribution is 2.17. The molecular formula is C8H11ClN2O4. The number of nitrogens with one attached hydrogen (secondary N) is 1. The molecule has 1 aliphatic rings. The minimum atomic E-state index is -1.10. The van der Waals surface area contributed by atoms with E-state index in [4.69, 9.17) is 21.5 Å². The molecular weight excluding hydrogens is 224 g/mol. The van der Waals surface area contributed by atoms with E-state index >= 15 is 0 Å². The summed E-state index contributed by atoms with van der Waals surface area (Å²) in [6.45, 7) is 1.26. The Labute approximate surface area is 91.2 Å². The van der Waals surface area contributed by atoms with Gasteiger partial charge in [-0.1, -0.05) is 16.8 Å². The van der Waals surface area contributed by atoms with E-state index in [9.17, 15) is 9.59 Å². The van der Waals surface area contributed by atoms with Crippen LogP contribution in [0.15, 0.2) is 5.16 Å². The first kappa shape index (κ1) is 11.8. The molecule has 0 unspecified atom stereocenters. The van der Waals surface area contributed by atoms with Crippen molar-refractivity contribution < 1.29 is 19.5 Å². The average Bonchev–Trinajstić information content (AvgIpc) is 2.49. The van der Waals surface area contributed by atoms with E-state index in [0.29, 0.717) is 11.6 Å². The maximum atomic E-state index is 10.8. The first-order chi connectivity index (χ1) is 6.99. The molecule has 1 rings (SSSR count). The number of carbonyl (C=O) groups is 2. The van der Waals surface area contributed by atoms with Crippen LogP contribution in [0, 0.1) is 0 Å². The summed E-state index contributed by atoms with van der Waals surface area (Å²) in [6.07, 6.45) is 0.143. The smallest absolute Gasteiger partial charge is 0.326 e. The van der Waals surface area contributed by atoms with Gasteiger partial charge in [0.05, 0.1) is 0 Å². The number of oxime groups is 1. The molecule has 6 nitrogen and oxygen atoms in total. The van der Waals surface area contributed by atoms with Crippen molar-refractivity contribution in [3.05, 3.63) is 0 Å². The van der Waals surface area contributed by atoms with Crippen LogP contribution in [0.4, 0.5) is 0 Å². The summed E-state index contributed by atoms with van der Waals surface area (Å²) in [6, 6.07) is -0.967. The predicted octanol–water partition coefficient (Wildman–Crippen LogP) is 0.307. The summed E-state index contributed by atoms with van der Waals surface area (Å²) in [5, 5.41) is 14.9. The largest absolute Gasteiger partial charge is 0.480 e. The molecule has 15 heavy (non-hydrogen) atoms. The Balaban J connectivity index is 2.45. The minimum absolute atomic E-state index is 0.147. The minimum Gasteiger partial charge on any atom is -0.480 e. The lowest BCUT2D eigenvalue weighted by Gasteiger charge is -2.15. The van der Waals surface area contributed by atoms with Gasteiger partial charge in [0.15, 0.2) is 0 Å². The molecule has 2 atom stereocenters. The average molecular weight is 235 g/mol. The Morgan fingerprint density at radius 1 is 1.80 bits per heavy atom. The Hall–Kier alpha value is -1.30. The second-order valence-corrected chi connectivity index (χ2v) is 3.66. The van der Waals surface area contributed by atoms with Crippen LogP contribution in [-0.2, 0) is 14.4 Å². The molecule has 0 aromatic heterocycles. The lowest BCUT2D eigenvalue weighted by atomic mass is 10.1. The molecule has 0 aliphatic carbocycles. The van der Waals surface area contributed by atoms with Crippen LogP contribution in [0.3, 0.4) is 0 Å². The molecule has 84 valence electrons. The maximum absolute atomic E-state index is 10.8. The van der Waals surface area contributed by atoms with Gasteiger partial charge >= 0.3 is 5.97 Å². The SMILES string of the molecule is CC(=O)N[C@@H](C[C@H]1CC(Cl)=NO1)C(=O)O. The fraction of sp³-hybridized carbons (Fsp3) is 0.625. The van der Waals surface area contributed by atoms with Gasteiger partial charge in [-0.15, -0.1) is 0 Å². The number of amides is 1. The molecule has 0 saturated heterocycles. The van der Waals surface area contributed by atoms with Gasteiger partial charge in [-0.25, -0.2) is 4.79 Å². The highest BCUT2D eigenvalue weighted by atomic mass is 35.5. The van der Waals surface area contributed by atoms with Crippen molar-refractivity contribution in [3.8, 4) is 0 Å². The maximum Gasteiger partial charge on any atom is 0.326 e. The first-order valence-electron chi connectivity index (χ1n) is 4.37. The zero-order valence-electron chi connectivity index (χ0n) is 8.07. The van der Waals surface area contributed by atoms with Crippen molar-refractivity contribution in [3.63, 3.8) is 0 Å². The zero-order valence-corrected chi connectivity index (χ0v) is 8.82. The van der Waals surface area contributed by atoms with Crippen molar-refractivity contribution in [1.82, 2.24) is 5.32 Å². The van der Waals surface area contributed by atoms with E-state index in [1.807, 2.05) is 0 Å². The van der Waals surface area contributed by atoms with Crippen molar-refractivity contribution >= 4 is 28.6 Å². The van der Waals surface area contributed by atoms with Gasteiger partial charge in [0.1, 0.15) is 17.3 Å². The van der Waals surface area contributed by atoms with E-state index in [0.717, 1.165) is 0 Å². The number of carbonyl (C=O) groups excluding carboxylic acids is 1. The van der Waals surface area contributed by atoms with Crippen LogP contribution in [0.5, 0.6) is 0 Å². The Kier molecular flexibility index (Phi) is 3.90. The lowest BCUT2D eigenvalue weighted by Crippen LogP contribution is -2.41. The van der Waals surface area contributed by atoms with E-state index in [1.165, 1.54) is 6.92 Å². The summed E-state index contributed by atoms with van der Waals surface area (Å²) in [5.74, 6) is -1.50. The highest BCUT2D eigenvalue weighted by molar-refractivity contribution is 6.65. The molecule has 1 aliphatic heterocycles. The number of hydrogen-bond acceptors (Lipinski definition) is 4. The lowest BCUT2D eigenvalue weighted by molar-refractivity contribution is -0.142. The fourth-order valence-corrected chi connectivity index (χ4v) is 1.46. The van der Waals surface area contributed by atoms with E-state index < -0.39 is 17.9 Å². The van der Waals surface area contributed by atoms with Gasteiger partial charge in [0.25, 0.3) is 0 Å². The quantitative estimate of drug-likeness (QED) is 0.733. The molecule has 0 fully saturated rings. The van der Waals surface area contributed by atoms with Crippen molar-refractivity contribution in [2.75, 3.05) is 0 Å². The van der Waals surface area contributed by atoms with Crippen LogP contribution in [0.1, 0.15) is 19.8 Å². The van der Waals surface area contributed by atoms with Gasteiger partial charge in [-0.05, 0) is 0 Å². The molecule has 1 heterocycles. The Morgan fingerprint density at radius 2 is 2.47 bits per heavy atom. The zero-order chi connectivity index (χ0) is 11.4. The van der Waals surface area contributed by atoms with Crippen LogP contribution in [0.25, 0.3) is 0 Å². The van der Waals surface area contributed by atoms with Crippen LogP contribution < -0.4 is 5.32 Å². The second-order valence-electron chi connectivity index (χ2n) is 3.23. The third kappa shape index (κ3) is 3.75. The van der Waals surface area contributed by atoms with Gasteiger partial charge in [0, 0.05) is 19.8 Å². The Bertz CT molecular complexity index is 305.